The van der Waals surface area contributed by atoms with Crippen molar-refractivity contribution >= 4 is 57.9 Å². The van der Waals surface area contributed by atoms with Crippen LogP contribution in [0.5, 0.6) is 0 Å². The van der Waals surface area contributed by atoms with Gasteiger partial charge in [0.25, 0.3) is 0 Å². The van der Waals surface area contributed by atoms with Gasteiger partial charge in [-0.1, -0.05) is 24.2 Å². The molecule has 3 N–H and O–H groups in total. The number of aldehydes is 1. The Kier molecular flexibility index (Phi) is 8.72. The van der Waals surface area contributed by atoms with Crippen LogP contribution in [0.4, 0.5) is 21.3 Å². The van der Waals surface area contributed by atoms with Crippen molar-refractivity contribution in [2.45, 2.75) is 36.3 Å². The molecule has 1 aromatic heterocycles. The van der Waals surface area contributed by atoms with Gasteiger partial charge in [0, 0.05) is 30.9 Å². The fourth-order valence-electron chi connectivity index (χ4n) is 3.47. The van der Waals surface area contributed by atoms with Gasteiger partial charge < -0.3 is 15.2 Å². The zero-order valence-corrected chi connectivity index (χ0v) is 18.7. The van der Waals surface area contributed by atoms with E-state index >= 15 is 0 Å². The largest absolute Gasteiger partial charge is 0.481 e. The second kappa shape index (κ2) is 11.7. The zero-order valence-electron chi connectivity index (χ0n) is 17.1. The number of amides is 2. The van der Waals surface area contributed by atoms with Crippen LogP contribution in [0.2, 0.25) is 0 Å². The summed E-state index contributed by atoms with van der Waals surface area (Å²) in [5.41, 5.74) is 1.69. The van der Waals surface area contributed by atoms with Crippen LogP contribution in [0.25, 0.3) is 0 Å². The fraction of sp³-hybridized carbons (Fsp3) is 0.429. The molecule has 0 bridgehead atoms. The Morgan fingerprint density at radius 1 is 1.26 bits per heavy atom. The summed E-state index contributed by atoms with van der Waals surface area (Å²) in [6.45, 7) is 1.21. The minimum atomic E-state index is -0.893. The standard InChI is InChI=1S/C21H26N4O4S2/c26-11-3-10-22-16-6-8-17(9-7-16)25(13-15-4-1-2-5-15)21(29)24-20-23-12-19(31-20)30-14-18(27)28/h6-9,11-12,15,22H,1-5,10,13-14H2,(H,27,28)(H,23,24,29). The topological polar surface area (TPSA) is 112 Å². The number of carbonyl (C=O) groups excluding carboxylic acids is 2. The molecular formula is C21H26N4O4S2. The lowest BCUT2D eigenvalue weighted by atomic mass is 10.1. The van der Waals surface area contributed by atoms with Crippen molar-refractivity contribution in [2.75, 3.05) is 34.4 Å². The van der Waals surface area contributed by atoms with E-state index < -0.39 is 5.97 Å². The lowest BCUT2D eigenvalue weighted by molar-refractivity contribution is -0.133. The SMILES string of the molecule is O=CCCNc1ccc(N(CC2CCCC2)C(=O)Nc2ncc(SCC(=O)O)s2)cc1. The van der Waals surface area contributed by atoms with Crippen molar-refractivity contribution in [1.29, 1.82) is 0 Å². The van der Waals surface area contributed by atoms with Crippen LogP contribution in [-0.2, 0) is 9.59 Å². The third-order valence-corrected chi connectivity index (χ3v) is 7.06. The van der Waals surface area contributed by atoms with Crippen LogP contribution in [0.3, 0.4) is 0 Å². The first-order valence-electron chi connectivity index (χ1n) is 10.2. The number of urea groups is 1. The number of carbonyl (C=O) groups is 3. The molecule has 31 heavy (non-hydrogen) atoms. The first-order valence-corrected chi connectivity index (χ1v) is 12.0. The monoisotopic (exact) mass is 462 g/mol. The zero-order chi connectivity index (χ0) is 22.1. The van der Waals surface area contributed by atoms with E-state index in [-0.39, 0.29) is 11.8 Å². The van der Waals surface area contributed by atoms with Gasteiger partial charge in [-0.15, -0.1) is 11.8 Å². The van der Waals surface area contributed by atoms with Gasteiger partial charge in [-0.25, -0.2) is 9.78 Å². The molecule has 2 amide bonds. The number of aliphatic carboxylic acids is 1. The van der Waals surface area contributed by atoms with Crippen LogP contribution in [-0.4, -0.2) is 47.2 Å². The summed E-state index contributed by atoms with van der Waals surface area (Å²) in [6.07, 6.45) is 7.50. The number of thiazole rings is 1. The highest BCUT2D eigenvalue weighted by molar-refractivity contribution is 8.01. The molecule has 0 unspecified atom stereocenters. The van der Waals surface area contributed by atoms with E-state index in [9.17, 15) is 14.4 Å². The van der Waals surface area contributed by atoms with E-state index in [2.05, 4.69) is 15.6 Å². The summed E-state index contributed by atoms with van der Waals surface area (Å²) in [4.78, 5) is 40.3. The molecule has 1 fully saturated rings. The molecule has 1 saturated carbocycles. The summed E-state index contributed by atoms with van der Waals surface area (Å²) in [7, 11) is 0. The van der Waals surface area contributed by atoms with Crippen LogP contribution >= 0.6 is 23.1 Å². The van der Waals surface area contributed by atoms with Crippen molar-refractivity contribution in [3.8, 4) is 0 Å². The molecule has 1 aliphatic rings. The average molecular weight is 463 g/mol. The molecule has 0 saturated heterocycles. The maximum Gasteiger partial charge on any atom is 0.328 e. The maximum atomic E-state index is 13.1. The smallest absolute Gasteiger partial charge is 0.328 e. The first kappa shape index (κ1) is 23.1. The number of thioether (sulfide) groups is 1. The van der Waals surface area contributed by atoms with Crippen molar-refractivity contribution in [3.63, 3.8) is 0 Å². The number of aromatic nitrogens is 1. The summed E-state index contributed by atoms with van der Waals surface area (Å²) in [6, 6.07) is 7.34. The number of nitrogens with zero attached hydrogens (tertiary/aromatic N) is 2. The summed E-state index contributed by atoms with van der Waals surface area (Å²) >= 11 is 2.44. The lowest BCUT2D eigenvalue weighted by Gasteiger charge is -2.26. The number of carboxylic acids is 1. The average Bonchev–Trinajstić information content (AvgIpc) is 3.43. The second-order valence-electron chi connectivity index (χ2n) is 7.29. The molecule has 1 heterocycles. The Bertz CT molecular complexity index is 882. The quantitative estimate of drug-likeness (QED) is 0.255. The van der Waals surface area contributed by atoms with Crippen LogP contribution in [0, 0.1) is 5.92 Å². The van der Waals surface area contributed by atoms with Crippen molar-refractivity contribution in [3.05, 3.63) is 30.5 Å². The summed E-state index contributed by atoms with van der Waals surface area (Å²) in [5, 5.41) is 15.3. The predicted octanol–water partition coefficient (Wildman–Crippen LogP) is 4.55. The minimum Gasteiger partial charge on any atom is -0.481 e. The number of nitrogens with one attached hydrogen (secondary N) is 2. The van der Waals surface area contributed by atoms with E-state index in [1.807, 2.05) is 24.3 Å². The molecule has 0 spiro atoms. The Balaban J connectivity index is 1.68. The van der Waals surface area contributed by atoms with Gasteiger partial charge in [0.1, 0.15) is 6.29 Å². The third kappa shape index (κ3) is 7.25. The molecule has 0 radical (unpaired) electrons. The molecule has 3 rings (SSSR count). The van der Waals surface area contributed by atoms with Gasteiger partial charge in [-0.2, -0.15) is 0 Å². The summed E-state index contributed by atoms with van der Waals surface area (Å²) in [5.74, 6) is -0.471. The van der Waals surface area contributed by atoms with Gasteiger partial charge in [-0.05, 0) is 43.0 Å². The van der Waals surface area contributed by atoms with Crippen molar-refractivity contribution < 1.29 is 19.5 Å². The van der Waals surface area contributed by atoms with E-state index in [0.29, 0.717) is 30.6 Å². The molecule has 0 atom stereocenters. The Hall–Kier alpha value is -2.59. The van der Waals surface area contributed by atoms with Gasteiger partial charge in [-0.3, -0.25) is 15.0 Å². The molecule has 1 aromatic carbocycles. The number of benzene rings is 1. The molecular weight excluding hydrogens is 436 g/mol. The highest BCUT2D eigenvalue weighted by atomic mass is 32.2. The molecule has 166 valence electrons. The van der Waals surface area contributed by atoms with Gasteiger partial charge in [0.15, 0.2) is 5.13 Å². The molecule has 0 aliphatic heterocycles. The highest BCUT2D eigenvalue weighted by Gasteiger charge is 2.24. The minimum absolute atomic E-state index is 0.0450. The van der Waals surface area contributed by atoms with Gasteiger partial charge in [0.2, 0.25) is 0 Å². The van der Waals surface area contributed by atoms with E-state index in [1.54, 1.807) is 11.1 Å². The van der Waals surface area contributed by atoms with E-state index in [1.165, 1.54) is 35.9 Å². The van der Waals surface area contributed by atoms with Crippen LogP contribution in [0.1, 0.15) is 32.1 Å². The van der Waals surface area contributed by atoms with Crippen molar-refractivity contribution in [1.82, 2.24) is 4.98 Å². The lowest BCUT2D eigenvalue weighted by Crippen LogP contribution is -2.38. The number of anilines is 3. The van der Waals surface area contributed by atoms with Crippen molar-refractivity contribution in [2.24, 2.45) is 5.92 Å². The molecule has 1 aliphatic carbocycles. The molecule has 10 heteroatoms. The predicted molar refractivity (Wildman–Crippen MR) is 124 cm³/mol. The van der Waals surface area contributed by atoms with E-state index in [0.717, 1.165) is 34.7 Å². The number of hydrogen-bond acceptors (Lipinski definition) is 7. The van der Waals surface area contributed by atoms with Gasteiger partial charge >= 0.3 is 12.0 Å². The molecule has 8 nitrogen and oxygen atoms in total. The Morgan fingerprint density at radius 2 is 2.00 bits per heavy atom. The van der Waals surface area contributed by atoms with Crippen LogP contribution < -0.4 is 15.5 Å². The normalized spacial score (nSPS) is 13.7. The fourth-order valence-corrected chi connectivity index (χ4v) is 5.05. The number of carboxylic acid groups (broad SMARTS) is 1. The highest BCUT2D eigenvalue weighted by Crippen LogP contribution is 2.30. The Morgan fingerprint density at radius 3 is 2.68 bits per heavy atom. The second-order valence-corrected chi connectivity index (χ2v) is 9.59. The third-order valence-electron chi connectivity index (χ3n) is 4.97. The number of hydrogen-bond donors (Lipinski definition) is 3. The van der Waals surface area contributed by atoms with E-state index in [4.69, 9.17) is 5.11 Å². The number of rotatable bonds is 11. The Labute approximate surface area is 189 Å². The van der Waals surface area contributed by atoms with Crippen LogP contribution in [0.15, 0.2) is 34.7 Å². The molecule has 2 aromatic rings. The maximum absolute atomic E-state index is 13.1. The summed E-state index contributed by atoms with van der Waals surface area (Å²) < 4.78 is 0.741. The first-order chi connectivity index (χ1) is 15.0. The van der Waals surface area contributed by atoms with Gasteiger partial charge in [0.05, 0.1) is 16.2 Å².